The van der Waals surface area contributed by atoms with Crippen molar-refractivity contribution in [1.29, 1.82) is 0 Å². The van der Waals surface area contributed by atoms with E-state index in [1.165, 1.54) is 24.0 Å². The molecule has 1 aliphatic carbocycles. The van der Waals surface area contributed by atoms with Crippen molar-refractivity contribution < 1.29 is 4.79 Å². The van der Waals surface area contributed by atoms with Crippen LogP contribution in [0.15, 0.2) is 24.3 Å². The molecule has 0 heterocycles. The Morgan fingerprint density at radius 2 is 2.29 bits per heavy atom. The zero-order chi connectivity index (χ0) is 9.80. The van der Waals surface area contributed by atoms with Crippen LogP contribution < -0.4 is 5.32 Å². The highest BCUT2D eigenvalue weighted by atomic mass is 16.1. The van der Waals surface area contributed by atoms with E-state index in [9.17, 15) is 4.79 Å². The SMILES string of the molecule is O=[C]CNC1CCCc2ccccc21. The Labute approximate surface area is 84.3 Å². The van der Waals surface area contributed by atoms with E-state index in [1.807, 2.05) is 6.29 Å². The van der Waals surface area contributed by atoms with Crippen molar-refractivity contribution in [1.82, 2.24) is 5.32 Å². The van der Waals surface area contributed by atoms with Crippen molar-refractivity contribution in [3.8, 4) is 0 Å². The number of fused-ring (bicyclic) bond motifs is 1. The Hall–Kier alpha value is -1.15. The average molecular weight is 188 g/mol. The molecule has 0 saturated carbocycles. The van der Waals surface area contributed by atoms with Gasteiger partial charge in [-0.05, 0) is 30.4 Å². The van der Waals surface area contributed by atoms with Gasteiger partial charge in [0.1, 0.15) is 0 Å². The van der Waals surface area contributed by atoms with Crippen molar-refractivity contribution >= 4 is 6.29 Å². The molecule has 1 aliphatic rings. The van der Waals surface area contributed by atoms with Gasteiger partial charge in [-0.1, -0.05) is 24.3 Å². The second kappa shape index (κ2) is 4.38. The summed E-state index contributed by atoms with van der Waals surface area (Å²) in [5, 5.41) is 3.20. The molecule has 0 amide bonds. The van der Waals surface area contributed by atoms with Gasteiger partial charge in [0.25, 0.3) is 0 Å². The Kier molecular flexibility index (Phi) is 2.94. The Morgan fingerprint density at radius 3 is 3.14 bits per heavy atom. The fourth-order valence-corrected chi connectivity index (χ4v) is 2.13. The molecule has 0 spiro atoms. The van der Waals surface area contributed by atoms with Crippen LogP contribution >= 0.6 is 0 Å². The number of hydrogen-bond acceptors (Lipinski definition) is 2. The summed E-state index contributed by atoms with van der Waals surface area (Å²) in [6.07, 6.45) is 5.38. The molecule has 1 aromatic carbocycles. The molecular formula is C12H14NO. The van der Waals surface area contributed by atoms with E-state index in [4.69, 9.17) is 0 Å². The molecule has 2 nitrogen and oxygen atoms in total. The van der Waals surface area contributed by atoms with Crippen LogP contribution in [0.5, 0.6) is 0 Å². The molecule has 73 valence electrons. The molecule has 0 saturated heterocycles. The largest absolute Gasteiger partial charge is 0.303 e. The first kappa shape index (κ1) is 9.41. The lowest BCUT2D eigenvalue weighted by Crippen LogP contribution is -2.26. The van der Waals surface area contributed by atoms with E-state index >= 15 is 0 Å². The van der Waals surface area contributed by atoms with E-state index in [0.717, 1.165) is 6.42 Å². The lowest BCUT2D eigenvalue weighted by atomic mass is 9.88. The molecule has 2 heteroatoms. The second-order valence-corrected chi connectivity index (χ2v) is 3.67. The first-order valence-corrected chi connectivity index (χ1v) is 5.08. The third-order valence-electron chi connectivity index (χ3n) is 2.79. The smallest absolute Gasteiger partial charge is 0.213 e. The van der Waals surface area contributed by atoms with Gasteiger partial charge in [0, 0.05) is 6.04 Å². The first-order valence-electron chi connectivity index (χ1n) is 5.08. The van der Waals surface area contributed by atoms with Crippen molar-refractivity contribution in [2.24, 2.45) is 0 Å². The highest BCUT2D eigenvalue weighted by Crippen LogP contribution is 2.28. The Balaban J connectivity index is 2.17. The van der Waals surface area contributed by atoms with E-state index in [0.29, 0.717) is 12.6 Å². The molecule has 1 N–H and O–H groups in total. The average Bonchev–Trinajstić information content (AvgIpc) is 2.26. The fourth-order valence-electron chi connectivity index (χ4n) is 2.13. The van der Waals surface area contributed by atoms with Crippen LogP contribution in [-0.2, 0) is 11.2 Å². The van der Waals surface area contributed by atoms with Gasteiger partial charge in [-0.3, -0.25) is 4.79 Å². The topological polar surface area (TPSA) is 29.1 Å². The highest BCUT2D eigenvalue weighted by Gasteiger charge is 2.18. The number of hydrogen-bond donors (Lipinski definition) is 1. The van der Waals surface area contributed by atoms with Crippen LogP contribution in [0, 0.1) is 0 Å². The molecule has 14 heavy (non-hydrogen) atoms. The summed E-state index contributed by atoms with van der Waals surface area (Å²) in [6.45, 7) is 0.332. The van der Waals surface area contributed by atoms with Crippen molar-refractivity contribution in [2.75, 3.05) is 6.54 Å². The van der Waals surface area contributed by atoms with Crippen LogP contribution in [0.3, 0.4) is 0 Å². The molecule has 0 aromatic heterocycles. The van der Waals surface area contributed by atoms with Gasteiger partial charge in [0.15, 0.2) is 0 Å². The summed E-state index contributed by atoms with van der Waals surface area (Å²) in [7, 11) is 0. The third-order valence-corrected chi connectivity index (χ3v) is 2.79. The van der Waals surface area contributed by atoms with Crippen LogP contribution in [-0.4, -0.2) is 12.8 Å². The van der Waals surface area contributed by atoms with Crippen LogP contribution in [0.25, 0.3) is 0 Å². The molecule has 1 unspecified atom stereocenters. The molecule has 0 fully saturated rings. The summed E-state index contributed by atoms with van der Waals surface area (Å²) in [4.78, 5) is 10.2. The monoisotopic (exact) mass is 188 g/mol. The third kappa shape index (κ3) is 1.85. The van der Waals surface area contributed by atoms with Gasteiger partial charge < -0.3 is 5.32 Å². The van der Waals surface area contributed by atoms with Crippen LogP contribution in [0.4, 0.5) is 0 Å². The second-order valence-electron chi connectivity index (χ2n) is 3.67. The maximum absolute atomic E-state index is 10.2. The first-order chi connectivity index (χ1) is 6.92. The molecule has 1 radical (unpaired) electrons. The van der Waals surface area contributed by atoms with Gasteiger partial charge in [-0.25, -0.2) is 0 Å². The minimum atomic E-state index is 0.332. The molecule has 1 aromatic rings. The van der Waals surface area contributed by atoms with Gasteiger partial charge in [-0.15, -0.1) is 0 Å². The number of aryl methyl sites for hydroxylation is 1. The maximum atomic E-state index is 10.2. The lowest BCUT2D eigenvalue weighted by Gasteiger charge is -2.25. The van der Waals surface area contributed by atoms with Crippen LogP contribution in [0.1, 0.15) is 30.0 Å². The highest BCUT2D eigenvalue weighted by molar-refractivity contribution is 5.53. The standard InChI is InChI=1S/C12H14NO/c14-9-8-13-12-7-3-5-10-4-1-2-6-11(10)12/h1-2,4,6,12-13H,3,5,7-8H2. The van der Waals surface area contributed by atoms with Gasteiger partial charge >= 0.3 is 0 Å². The summed E-state index contributed by atoms with van der Waals surface area (Å²) < 4.78 is 0. The normalized spacial score (nSPS) is 20.1. The lowest BCUT2D eigenvalue weighted by molar-refractivity contribution is 0.474. The predicted octanol–water partition coefficient (Wildman–Crippen LogP) is 1.76. The van der Waals surface area contributed by atoms with Crippen molar-refractivity contribution in [3.63, 3.8) is 0 Å². The van der Waals surface area contributed by atoms with Gasteiger partial charge in [0.05, 0.1) is 6.54 Å². The quantitative estimate of drug-likeness (QED) is 0.783. The van der Waals surface area contributed by atoms with E-state index in [1.54, 1.807) is 0 Å². The van der Waals surface area contributed by atoms with E-state index in [-0.39, 0.29) is 0 Å². The van der Waals surface area contributed by atoms with Gasteiger partial charge in [-0.2, -0.15) is 0 Å². The van der Waals surface area contributed by atoms with Gasteiger partial charge in [0.2, 0.25) is 6.29 Å². The molecule has 0 aliphatic heterocycles. The summed E-state index contributed by atoms with van der Waals surface area (Å²) in [5.74, 6) is 0. The summed E-state index contributed by atoms with van der Waals surface area (Å²) >= 11 is 0. The minimum Gasteiger partial charge on any atom is -0.303 e. The maximum Gasteiger partial charge on any atom is 0.213 e. The zero-order valence-electron chi connectivity index (χ0n) is 8.12. The Bertz CT molecular complexity index is 322. The molecule has 1 atom stereocenters. The van der Waals surface area contributed by atoms with Crippen molar-refractivity contribution in [2.45, 2.75) is 25.3 Å². The molecule has 0 bridgehead atoms. The van der Waals surface area contributed by atoms with E-state index < -0.39 is 0 Å². The molecular weight excluding hydrogens is 174 g/mol. The minimum absolute atomic E-state index is 0.332. The molecule has 2 rings (SSSR count). The number of rotatable bonds is 3. The fraction of sp³-hybridized carbons (Fsp3) is 0.417. The summed E-state index contributed by atoms with van der Waals surface area (Å²) in [5.41, 5.74) is 2.77. The summed E-state index contributed by atoms with van der Waals surface area (Å²) in [6, 6.07) is 8.81. The van der Waals surface area contributed by atoms with E-state index in [2.05, 4.69) is 29.6 Å². The number of benzene rings is 1. The Morgan fingerprint density at radius 1 is 1.43 bits per heavy atom. The zero-order valence-corrected chi connectivity index (χ0v) is 8.12. The number of carbonyl (C=O) groups excluding carboxylic acids is 1. The number of nitrogens with one attached hydrogen (secondary N) is 1. The van der Waals surface area contributed by atoms with Crippen LogP contribution in [0.2, 0.25) is 0 Å². The van der Waals surface area contributed by atoms with Crippen molar-refractivity contribution in [3.05, 3.63) is 35.4 Å². The predicted molar refractivity (Wildman–Crippen MR) is 55.8 cm³/mol.